The maximum Gasteiger partial charge on any atom is 1.00 e. The van der Waals surface area contributed by atoms with Gasteiger partial charge in [0.05, 0.1) is 0 Å². The van der Waals surface area contributed by atoms with Crippen LogP contribution in [0, 0.1) is 5.41 Å². The Bertz CT molecular complexity index is 332. The second-order valence-electron chi connectivity index (χ2n) is 3.67. The third-order valence-corrected chi connectivity index (χ3v) is 2.58. The molecule has 6 heteroatoms. The SMILES string of the molecule is C=C(C)C1(CCC)C(=O)NC(=O)NC1=O.[Na+]. The van der Waals surface area contributed by atoms with Crippen molar-refractivity contribution in [2.75, 3.05) is 0 Å². The first-order valence-electron chi connectivity index (χ1n) is 4.78. The van der Waals surface area contributed by atoms with Gasteiger partial charge in [0, 0.05) is 0 Å². The van der Waals surface area contributed by atoms with Crippen LogP contribution in [-0.4, -0.2) is 17.8 Å². The van der Waals surface area contributed by atoms with Crippen molar-refractivity contribution < 1.29 is 43.9 Å². The number of imide groups is 2. The topological polar surface area (TPSA) is 75.3 Å². The molecule has 0 atom stereocenters. The number of barbiturate groups is 1. The van der Waals surface area contributed by atoms with Crippen LogP contribution in [-0.2, 0) is 9.59 Å². The Balaban J connectivity index is 0.00000225. The van der Waals surface area contributed by atoms with Gasteiger partial charge >= 0.3 is 35.6 Å². The van der Waals surface area contributed by atoms with E-state index >= 15 is 0 Å². The van der Waals surface area contributed by atoms with Crippen LogP contribution in [0.2, 0.25) is 0 Å². The molecule has 0 aromatic rings. The van der Waals surface area contributed by atoms with E-state index < -0.39 is 23.3 Å². The molecular weight excluding hydrogens is 219 g/mol. The predicted octanol–water partition coefficient (Wildman–Crippen LogP) is -2.28. The quantitative estimate of drug-likeness (QED) is 0.327. The van der Waals surface area contributed by atoms with E-state index in [2.05, 4.69) is 17.2 Å². The molecule has 1 aliphatic rings. The third kappa shape index (κ3) is 2.36. The van der Waals surface area contributed by atoms with Crippen LogP contribution in [0.15, 0.2) is 12.2 Å². The zero-order chi connectivity index (χ0) is 11.6. The molecule has 5 nitrogen and oxygen atoms in total. The summed E-state index contributed by atoms with van der Waals surface area (Å²) in [6.45, 7) is 7.14. The number of hydrogen-bond donors (Lipinski definition) is 2. The van der Waals surface area contributed by atoms with Crippen molar-refractivity contribution >= 4 is 17.8 Å². The van der Waals surface area contributed by atoms with Crippen molar-refractivity contribution in [1.29, 1.82) is 0 Å². The van der Waals surface area contributed by atoms with E-state index in [9.17, 15) is 14.4 Å². The smallest absolute Gasteiger partial charge is 0.277 e. The number of carbonyl (C=O) groups is 3. The summed E-state index contributed by atoms with van der Waals surface area (Å²) in [4.78, 5) is 34.3. The van der Waals surface area contributed by atoms with E-state index in [0.717, 1.165) is 0 Å². The molecule has 4 amide bonds. The van der Waals surface area contributed by atoms with E-state index in [4.69, 9.17) is 0 Å². The molecule has 1 fully saturated rings. The summed E-state index contributed by atoms with van der Waals surface area (Å²) in [5, 5.41) is 4.19. The number of amides is 4. The Labute approximate surface area is 116 Å². The van der Waals surface area contributed by atoms with E-state index in [1.165, 1.54) is 0 Å². The van der Waals surface area contributed by atoms with Crippen molar-refractivity contribution in [3.63, 3.8) is 0 Å². The molecule has 1 heterocycles. The molecule has 0 radical (unpaired) electrons. The summed E-state index contributed by atoms with van der Waals surface area (Å²) < 4.78 is 0. The fourth-order valence-corrected chi connectivity index (χ4v) is 1.76. The number of rotatable bonds is 3. The minimum Gasteiger partial charge on any atom is -0.277 e. The summed E-state index contributed by atoms with van der Waals surface area (Å²) in [5.74, 6) is -1.16. The van der Waals surface area contributed by atoms with Crippen molar-refractivity contribution in [3.05, 3.63) is 12.2 Å². The Morgan fingerprint density at radius 3 is 2.00 bits per heavy atom. The molecule has 0 aliphatic carbocycles. The number of hydrogen-bond acceptors (Lipinski definition) is 3. The minimum absolute atomic E-state index is 0. The fraction of sp³-hybridized carbons (Fsp3) is 0.500. The maximum absolute atomic E-state index is 11.7. The van der Waals surface area contributed by atoms with Gasteiger partial charge in [0.25, 0.3) is 0 Å². The first-order valence-corrected chi connectivity index (χ1v) is 4.78. The van der Waals surface area contributed by atoms with Crippen LogP contribution in [0.3, 0.4) is 0 Å². The first-order chi connectivity index (χ1) is 6.95. The summed E-state index contributed by atoms with van der Waals surface area (Å²) in [5.41, 5.74) is -0.838. The fourth-order valence-electron chi connectivity index (χ4n) is 1.76. The first kappa shape index (κ1) is 15.3. The standard InChI is InChI=1S/C10H14N2O3.Na/c1-4-5-10(6(2)3)7(13)11-9(15)12-8(10)14;/h2,4-5H2,1,3H3,(H2,11,12,13,14,15);/q;+1. The van der Waals surface area contributed by atoms with Crippen LogP contribution in [0.25, 0.3) is 0 Å². The molecule has 1 saturated heterocycles. The molecule has 2 N–H and O–H groups in total. The monoisotopic (exact) mass is 233 g/mol. The van der Waals surface area contributed by atoms with E-state index in [1.807, 2.05) is 6.92 Å². The van der Waals surface area contributed by atoms with Crippen LogP contribution >= 0.6 is 0 Å². The van der Waals surface area contributed by atoms with Gasteiger partial charge in [0.15, 0.2) is 0 Å². The Hall–Kier alpha value is -0.650. The van der Waals surface area contributed by atoms with E-state index in [-0.39, 0.29) is 29.6 Å². The molecule has 0 saturated carbocycles. The summed E-state index contributed by atoms with van der Waals surface area (Å²) in [6.07, 6.45) is 1.01. The summed E-state index contributed by atoms with van der Waals surface area (Å²) in [7, 11) is 0. The molecule has 0 aromatic heterocycles. The molecule has 0 spiro atoms. The van der Waals surface area contributed by atoms with Gasteiger partial charge < -0.3 is 0 Å². The van der Waals surface area contributed by atoms with Crippen molar-refractivity contribution in [2.24, 2.45) is 5.41 Å². The molecule has 16 heavy (non-hydrogen) atoms. The molecule has 0 bridgehead atoms. The third-order valence-electron chi connectivity index (χ3n) is 2.58. The van der Waals surface area contributed by atoms with Gasteiger partial charge in [-0.15, -0.1) is 0 Å². The number of carbonyl (C=O) groups excluding carboxylic acids is 3. The van der Waals surface area contributed by atoms with Gasteiger partial charge in [-0.05, 0) is 13.3 Å². The Morgan fingerprint density at radius 1 is 1.25 bits per heavy atom. The van der Waals surface area contributed by atoms with E-state index in [1.54, 1.807) is 6.92 Å². The largest absolute Gasteiger partial charge is 1.00 e. The molecule has 0 aromatic carbocycles. The average molecular weight is 233 g/mol. The predicted molar refractivity (Wildman–Crippen MR) is 53.8 cm³/mol. The van der Waals surface area contributed by atoms with Gasteiger partial charge in [-0.25, -0.2) is 4.79 Å². The second-order valence-corrected chi connectivity index (χ2v) is 3.67. The van der Waals surface area contributed by atoms with Crippen LogP contribution in [0.4, 0.5) is 4.79 Å². The molecule has 1 aliphatic heterocycles. The zero-order valence-corrected chi connectivity index (χ0v) is 11.8. The van der Waals surface area contributed by atoms with Gasteiger partial charge in [-0.3, -0.25) is 20.2 Å². The number of urea groups is 1. The van der Waals surface area contributed by atoms with Crippen molar-refractivity contribution in [2.45, 2.75) is 26.7 Å². The summed E-state index contributed by atoms with van der Waals surface area (Å²) in [6, 6.07) is -0.766. The van der Waals surface area contributed by atoms with Crippen molar-refractivity contribution in [3.8, 4) is 0 Å². The van der Waals surface area contributed by atoms with Gasteiger partial charge in [-0.1, -0.05) is 25.5 Å². The average Bonchev–Trinajstić information content (AvgIpc) is 2.10. The van der Waals surface area contributed by atoms with Crippen LogP contribution < -0.4 is 40.2 Å². The Morgan fingerprint density at radius 2 is 1.69 bits per heavy atom. The van der Waals surface area contributed by atoms with Gasteiger partial charge in [0.2, 0.25) is 11.8 Å². The van der Waals surface area contributed by atoms with E-state index in [0.29, 0.717) is 18.4 Å². The van der Waals surface area contributed by atoms with Gasteiger partial charge in [-0.2, -0.15) is 0 Å². The van der Waals surface area contributed by atoms with Crippen LogP contribution in [0.5, 0.6) is 0 Å². The van der Waals surface area contributed by atoms with Crippen molar-refractivity contribution in [1.82, 2.24) is 10.6 Å². The molecule has 0 unspecified atom stereocenters. The Kier molecular flexibility index (Phi) is 5.38. The normalized spacial score (nSPS) is 18.2. The molecular formula is C10H14N2NaO3+. The minimum atomic E-state index is -1.29. The zero-order valence-electron chi connectivity index (χ0n) is 9.85. The number of nitrogens with one attached hydrogen (secondary N) is 2. The molecule has 82 valence electrons. The van der Waals surface area contributed by atoms with Gasteiger partial charge in [0.1, 0.15) is 5.41 Å². The molecule has 1 rings (SSSR count). The second kappa shape index (κ2) is 5.61. The maximum atomic E-state index is 11.7. The summed E-state index contributed by atoms with van der Waals surface area (Å²) >= 11 is 0. The van der Waals surface area contributed by atoms with Crippen LogP contribution in [0.1, 0.15) is 26.7 Å².